The fourth-order valence-corrected chi connectivity index (χ4v) is 2.46. The van der Waals surface area contributed by atoms with Crippen molar-refractivity contribution in [2.24, 2.45) is 5.92 Å². The molecule has 0 aromatic heterocycles. The van der Waals surface area contributed by atoms with Gasteiger partial charge < -0.3 is 10.4 Å². The maximum atomic E-state index is 9.89. The number of aromatic hydroxyl groups is 1. The van der Waals surface area contributed by atoms with Crippen LogP contribution in [0.3, 0.4) is 0 Å². The molecule has 1 aromatic carbocycles. The summed E-state index contributed by atoms with van der Waals surface area (Å²) in [6, 6.07) is 8.39. The highest BCUT2D eigenvalue weighted by Gasteiger charge is 2.26. The summed E-state index contributed by atoms with van der Waals surface area (Å²) in [7, 11) is 0. The van der Waals surface area contributed by atoms with Crippen LogP contribution in [0.25, 0.3) is 0 Å². The van der Waals surface area contributed by atoms with Crippen LogP contribution in [0.4, 0.5) is 0 Å². The van der Waals surface area contributed by atoms with Crippen molar-refractivity contribution < 1.29 is 5.11 Å². The Hall–Kier alpha value is -1.53. The van der Waals surface area contributed by atoms with Crippen molar-refractivity contribution in [2.75, 3.05) is 0 Å². The summed E-state index contributed by atoms with van der Waals surface area (Å²) < 4.78 is 0. The standard InChI is InChI=1S/C14H18N2O/c1-10-4-2-6-12(14(10)17)9-16-13-7-3-5-11(13)8-15/h2,4,6,11,13,16-17H,3,5,7,9H2,1H3. The molecule has 1 fully saturated rings. The number of hydrogen-bond acceptors (Lipinski definition) is 3. The number of para-hydroxylation sites is 1. The summed E-state index contributed by atoms with van der Waals surface area (Å²) >= 11 is 0. The van der Waals surface area contributed by atoms with E-state index in [4.69, 9.17) is 5.26 Å². The molecule has 2 N–H and O–H groups in total. The van der Waals surface area contributed by atoms with Gasteiger partial charge in [-0.25, -0.2) is 0 Å². The van der Waals surface area contributed by atoms with Gasteiger partial charge in [0.15, 0.2) is 0 Å². The smallest absolute Gasteiger partial charge is 0.122 e. The van der Waals surface area contributed by atoms with E-state index in [0.717, 1.165) is 30.4 Å². The fraction of sp³-hybridized carbons (Fsp3) is 0.500. The minimum atomic E-state index is 0.127. The van der Waals surface area contributed by atoms with E-state index in [-0.39, 0.29) is 12.0 Å². The van der Waals surface area contributed by atoms with Crippen molar-refractivity contribution in [3.63, 3.8) is 0 Å². The average molecular weight is 230 g/mol. The van der Waals surface area contributed by atoms with Crippen LogP contribution in [-0.4, -0.2) is 11.1 Å². The quantitative estimate of drug-likeness (QED) is 0.838. The topological polar surface area (TPSA) is 56.0 Å². The Balaban J connectivity index is 1.98. The molecule has 1 saturated carbocycles. The zero-order valence-corrected chi connectivity index (χ0v) is 10.1. The molecule has 2 unspecified atom stereocenters. The largest absolute Gasteiger partial charge is 0.507 e. The maximum Gasteiger partial charge on any atom is 0.122 e. The van der Waals surface area contributed by atoms with Gasteiger partial charge in [-0.05, 0) is 25.3 Å². The third kappa shape index (κ3) is 2.59. The van der Waals surface area contributed by atoms with Gasteiger partial charge in [-0.15, -0.1) is 0 Å². The van der Waals surface area contributed by atoms with Crippen molar-refractivity contribution in [2.45, 2.75) is 38.8 Å². The zero-order chi connectivity index (χ0) is 12.3. The Morgan fingerprint density at radius 1 is 1.47 bits per heavy atom. The van der Waals surface area contributed by atoms with Crippen LogP contribution in [0.15, 0.2) is 18.2 Å². The minimum absolute atomic E-state index is 0.127. The molecular weight excluding hydrogens is 212 g/mol. The summed E-state index contributed by atoms with van der Waals surface area (Å²) in [4.78, 5) is 0. The monoisotopic (exact) mass is 230 g/mol. The average Bonchev–Trinajstić information content (AvgIpc) is 2.78. The van der Waals surface area contributed by atoms with Gasteiger partial charge >= 0.3 is 0 Å². The number of phenolic OH excluding ortho intramolecular Hbond substituents is 1. The normalized spacial score (nSPS) is 23.5. The van der Waals surface area contributed by atoms with E-state index in [2.05, 4.69) is 11.4 Å². The van der Waals surface area contributed by atoms with Crippen LogP contribution < -0.4 is 5.32 Å². The second-order valence-electron chi connectivity index (χ2n) is 4.74. The van der Waals surface area contributed by atoms with E-state index < -0.39 is 0 Å². The third-order valence-corrected chi connectivity index (χ3v) is 3.56. The Morgan fingerprint density at radius 3 is 3.06 bits per heavy atom. The van der Waals surface area contributed by atoms with Crippen LogP contribution in [0.5, 0.6) is 5.75 Å². The van der Waals surface area contributed by atoms with Crippen LogP contribution >= 0.6 is 0 Å². The SMILES string of the molecule is Cc1cccc(CNC2CCCC2C#N)c1O. The number of aryl methyl sites for hydroxylation is 1. The van der Waals surface area contributed by atoms with E-state index in [1.807, 2.05) is 25.1 Å². The molecule has 3 heteroatoms. The highest BCUT2D eigenvalue weighted by atomic mass is 16.3. The molecular formula is C14H18N2O. The highest BCUT2D eigenvalue weighted by Crippen LogP contribution is 2.26. The van der Waals surface area contributed by atoms with Gasteiger partial charge in [-0.1, -0.05) is 24.6 Å². The van der Waals surface area contributed by atoms with Crippen molar-refractivity contribution in [3.8, 4) is 11.8 Å². The number of nitrogens with one attached hydrogen (secondary N) is 1. The Kier molecular flexibility index (Phi) is 3.65. The molecule has 17 heavy (non-hydrogen) atoms. The van der Waals surface area contributed by atoms with Crippen LogP contribution in [0.1, 0.15) is 30.4 Å². The number of rotatable bonds is 3. The first-order chi connectivity index (χ1) is 8.22. The molecule has 0 amide bonds. The lowest BCUT2D eigenvalue weighted by Crippen LogP contribution is -2.31. The molecule has 1 aromatic rings. The lowest BCUT2D eigenvalue weighted by Gasteiger charge is -2.16. The van der Waals surface area contributed by atoms with E-state index in [9.17, 15) is 5.11 Å². The summed E-state index contributed by atoms with van der Waals surface area (Å²) in [6.07, 6.45) is 3.18. The summed E-state index contributed by atoms with van der Waals surface area (Å²) in [5.74, 6) is 0.494. The van der Waals surface area contributed by atoms with Gasteiger partial charge in [-0.3, -0.25) is 0 Å². The lowest BCUT2D eigenvalue weighted by molar-refractivity contribution is 0.437. The van der Waals surface area contributed by atoms with Gasteiger partial charge in [0.05, 0.1) is 12.0 Å². The molecule has 0 spiro atoms. The second-order valence-corrected chi connectivity index (χ2v) is 4.74. The molecule has 0 aliphatic heterocycles. The molecule has 0 bridgehead atoms. The Bertz CT molecular complexity index is 436. The number of nitrogens with zero attached hydrogens (tertiary/aromatic N) is 1. The first kappa shape index (κ1) is 11.9. The van der Waals surface area contributed by atoms with Crippen molar-refractivity contribution in [3.05, 3.63) is 29.3 Å². The summed E-state index contributed by atoms with van der Waals surface area (Å²) in [5, 5.41) is 22.3. The fourth-order valence-electron chi connectivity index (χ4n) is 2.46. The van der Waals surface area contributed by atoms with Crippen LogP contribution in [-0.2, 0) is 6.54 Å². The molecule has 0 radical (unpaired) electrons. The van der Waals surface area contributed by atoms with Crippen LogP contribution in [0.2, 0.25) is 0 Å². The summed E-state index contributed by atoms with van der Waals surface area (Å²) in [5.41, 5.74) is 1.81. The van der Waals surface area contributed by atoms with Crippen molar-refractivity contribution >= 4 is 0 Å². The molecule has 0 heterocycles. The molecule has 0 saturated heterocycles. The predicted octanol–water partition coefficient (Wildman–Crippen LogP) is 2.48. The molecule has 2 atom stereocenters. The van der Waals surface area contributed by atoms with Gasteiger partial charge in [-0.2, -0.15) is 5.26 Å². The first-order valence-corrected chi connectivity index (χ1v) is 6.13. The van der Waals surface area contributed by atoms with Gasteiger partial charge in [0.1, 0.15) is 5.75 Å². The highest BCUT2D eigenvalue weighted by molar-refractivity contribution is 5.39. The molecule has 2 rings (SSSR count). The first-order valence-electron chi connectivity index (χ1n) is 6.13. The lowest BCUT2D eigenvalue weighted by atomic mass is 10.0. The Morgan fingerprint density at radius 2 is 2.29 bits per heavy atom. The predicted molar refractivity (Wildman–Crippen MR) is 66.4 cm³/mol. The van der Waals surface area contributed by atoms with Crippen LogP contribution in [0, 0.1) is 24.2 Å². The third-order valence-electron chi connectivity index (χ3n) is 3.56. The molecule has 1 aliphatic carbocycles. The number of nitriles is 1. The second kappa shape index (κ2) is 5.20. The molecule has 3 nitrogen and oxygen atoms in total. The number of hydrogen-bond donors (Lipinski definition) is 2. The van der Waals surface area contributed by atoms with Crippen molar-refractivity contribution in [1.82, 2.24) is 5.32 Å². The molecule has 90 valence electrons. The number of phenols is 1. The van der Waals surface area contributed by atoms with Gasteiger partial charge in [0.2, 0.25) is 0 Å². The maximum absolute atomic E-state index is 9.89. The molecule has 1 aliphatic rings. The van der Waals surface area contributed by atoms with E-state index in [1.165, 1.54) is 0 Å². The van der Waals surface area contributed by atoms with E-state index in [0.29, 0.717) is 12.3 Å². The zero-order valence-electron chi connectivity index (χ0n) is 10.1. The van der Waals surface area contributed by atoms with Gasteiger partial charge in [0.25, 0.3) is 0 Å². The van der Waals surface area contributed by atoms with E-state index in [1.54, 1.807) is 0 Å². The minimum Gasteiger partial charge on any atom is -0.507 e. The number of benzene rings is 1. The summed E-state index contributed by atoms with van der Waals surface area (Å²) in [6.45, 7) is 2.53. The van der Waals surface area contributed by atoms with Gasteiger partial charge in [0, 0.05) is 18.2 Å². The van der Waals surface area contributed by atoms with Crippen molar-refractivity contribution in [1.29, 1.82) is 5.26 Å². The Labute approximate surface area is 102 Å². The van der Waals surface area contributed by atoms with E-state index >= 15 is 0 Å².